The maximum Gasteiger partial charge on any atom is 0.0924 e. The van der Waals surface area contributed by atoms with Gasteiger partial charge < -0.3 is 0 Å². The second-order valence-electron chi connectivity index (χ2n) is 5.51. The standard InChI is InChI=1S/C10H17NOS/c1-9(2)7-3-4-10(9)6-13(12)11-8(10)5-7/h7-8,11H,3-6H2,1-2H3/t7-,8-,10-,13-/m1/s1. The zero-order valence-electron chi connectivity index (χ0n) is 8.30. The van der Waals surface area contributed by atoms with Crippen LogP contribution in [-0.2, 0) is 11.0 Å². The van der Waals surface area contributed by atoms with Crippen LogP contribution in [0.25, 0.3) is 0 Å². The summed E-state index contributed by atoms with van der Waals surface area (Å²) in [6, 6.07) is 0.557. The Morgan fingerprint density at radius 2 is 2.23 bits per heavy atom. The van der Waals surface area contributed by atoms with Gasteiger partial charge in [-0.1, -0.05) is 13.8 Å². The number of fused-ring (bicyclic) bond motifs is 1. The first-order chi connectivity index (χ1) is 6.06. The van der Waals surface area contributed by atoms with Gasteiger partial charge in [-0.25, -0.2) is 8.93 Å². The van der Waals surface area contributed by atoms with Gasteiger partial charge in [-0.3, -0.25) is 0 Å². The predicted octanol–water partition coefficient (Wildman–Crippen LogP) is 1.45. The Balaban J connectivity index is 2.09. The minimum atomic E-state index is -0.741. The first-order valence-corrected chi connectivity index (χ1v) is 6.53. The van der Waals surface area contributed by atoms with Gasteiger partial charge in [0.15, 0.2) is 0 Å². The van der Waals surface area contributed by atoms with Crippen molar-refractivity contribution in [2.24, 2.45) is 16.7 Å². The monoisotopic (exact) mass is 199 g/mol. The highest BCUT2D eigenvalue weighted by molar-refractivity contribution is 7.83. The van der Waals surface area contributed by atoms with Gasteiger partial charge in [-0.15, -0.1) is 0 Å². The Morgan fingerprint density at radius 3 is 2.85 bits per heavy atom. The largest absolute Gasteiger partial charge is 0.243 e. The molecule has 4 atom stereocenters. The molecule has 0 aromatic carbocycles. The topological polar surface area (TPSA) is 29.1 Å². The molecule has 74 valence electrons. The fourth-order valence-electron chi connectivity index (χ4n) is 4.02. The number of hydrogen-bond acceptors (Lipinski definition) is 1. The Kier molecular flexibility index (Phi) is 1.42. The fraction of sp³-hybridized carbons (Fsp3) is 1.00. The zero-order valence-corrected chi connectivity index (χ0v) is 9.12. The summed E-state index contributed by atoms with van der Waals surface area (Å²) in [5, 5.41) is 0. The first kappa shape index (κ1) is 8.42. The quantitative estimate of drug-likeness (QED) is 0.628. The van der Waals surface area contributed by atoms with Gasteiger partial charge >= 0.3 is 0 Å². The molecule has 2 nitrogen and oxygen atoms in total. The van der Waals surface area contributed by atoms with Crippen LogP contribution in [0.2, 0.25) is 0 Å². The van der Waals surface area contributed by atoms with Gasteiger partial charge in [-0.2, -0.15) is 0 Å². The van der Waals surface area contributed by atoms with Crippen molar-refractivity contribution in [2.45, 2.75) is 39.2 Å². The molecule has 1 spiro atoms. The predicted molar refractivity (Wildman–Crippen MR) is 53.5 cm³/mol. The highest BCUT2D eigenvalue weighted by Gasteiger charge is 2.67. The van der Waals surface area contributed by atoms with E-state index in [2.05, 4.69) is 18.6 Å². The molecule has 1 N–H and O–H groups in total. The van der Waals surface area contributed by atoms with E-state index in [4.69, 9.17) is 0 Å². The Bertz CT molecular complexity index is 289. The lowest BCUT2D eigenvalue weighted by atomic mass is 9.69. The highest BCUT2D eigenvalue weighted by Crippen LogP contribution is 2.67. The lowest BCUT2D eigenvalue weighted by Gasteiger charge is -2.36. The Labute approximate surface area is 82.1 Å². The molecule has 3 heteroatoms. The van der Waals surface area contributed by atoms with E-state index in [1.807, 2.05) is 0 Å². The van der Waals surface area contributed by atoms with Gasteiger partial charge in [0.2, 0.25) is 0 Å². The van der Waals surface area contributed by atoms with E-state index >= 15 is 0 Å². The Morgan fingerprint density at radius 1 is 1.46 bits per heavy atom. The molecule has 2 aliphatic carbocycles. The van der Waals surface area contributed by atoms with Crippen molar-refractivity contribution in [3.63, 3.8) is 0 Å². The van der Waals surface area contributed by atoms with E-state index in [-0.39, 0.29) is 0 Å². The summed E-state index contributed by atoms with van der Waals surface area (Å²) in [6.45, 7) is 4.77. The highest BCUT2D eigenvalue weighted by atomic mass is 32.2. The summed E-state index contributed by atoms with van der Waals surface area (Å²) < 4.78 is 14.8. The second kappa shape index (κ2) is 2.19. The van der Waals surface area contributed by atoms with Crippen molar-refractivity contribution in [2.75, 3.05) is 5.75 Å². The van der Waals surface area contributed by atoms with Crippen molar-refractivity contribution < 1.29 is 4.21 Å². The zero-order chi connectivity index (χ0) is 9.27. The van der Waals surface area contributed by atoms with E-state index < -0.39 is 11.0 Å². The maximum absolute atomic E-state index is 11.5. The number of hydrogen-bond donors (Lipinski definition) is 1. The number of rotatable bonds is 0. The van der Waals surface area contributed by atoms with Crippen LogP contribution >= 0.6 is 0 Å². The van der Waals surface area contributed by atoms with Crippen LogP contribution in [0.15, 0.2) is 0 Å². The molecule has 0 radical (unpaired) electrons. The normalized spacial score (nSPS) is 56.9. The van der Waals surface area contributed by atoms with E-state index in [0.29, 0.717) is 16.9 Å². The van der Waals surface area contributed by atoms with Crippen LogP contribution in [0.5, 0.6) is 0 Å². The molecule has 0 unspecified atom stereocenters. The minimum absolute atomic E-state index is 0.378. The van der Waals surface area contributed by atoms with Gasteiger partial charge in [0, 0.05) is 17.2 Å². The summed E-state index contributed by atoms with van der Waals surface area (Å²) >= 11 is 0. The van der Waals surface area contributed by atoms with Crippen LogP contribution in [0, 0.1) is 16.7 Å². The smallest absolute Gasteiger partial charge is 0.0924 e. The van der Waals surface area contributed by atoms with Crippen LogP contribution in [-0.4, -0.2) is 16.0 Å². The van der Waals surface area contributed by atoms with Crippen LogP contribution in [0.1, 0.15) is 33.1 Å². The van der Waals surface area contributed by atoms with Crippen molar-refractivity contribution in [1.82, 2.24) is 4.72 Å². The molecule has 1 aliphatic heterocycles. The molecular weight excluding hydrogens is 182 g/mol. The van der Waals surface area contributed by atoms with Gasteiger partial charge in [-0.05, 0) is 30.6 Å². The van der Waals surface area contributed by atoms with Crippen LogP contribution in [0.3, 0.4) is 0 Å². The van der Waals surface area contributed by atoms with Crippen molar-refractivity contribution in [1.29, 1.82) is 0 Å². The third-order valence-electron chi connectivity index (χ3n) is 5.09. The molecule has 0 aromatic heterocycles. The molecule has 3 rings (SSSR count). The van der Waals surface area contributed by atoms with E-state index in [1.165, 1.54) is 19.3 Å². The summed E-state index contributed by atoms with van der Waals surface area (Å²) in [7, 11) is -0.741. The molecule has 3 fully saturated rings. The third-order valence-corrected chi connectivity index (χ3v) is 6.42. The van der Waals surface area contributed by atoms with Crippen molar-refractivity contribution in [3.05, 3.63) is 0 Å². The molecule has 0 amide bonds. The Hall–Kier alpha value is 0.110. The van der Waals surface area contributed by atoms with E-state index in [9.17, 15) is 4.21 Å². The second-order valence-corrected chi connectivity index (χ2v) is 6.72. The van der Waals surface area contributed by atoms with Gasteiger partial charge in [0.1, 0.15) is 0 Å². The van der Waals surface area contributed by atoms with Gasteiger partial charge in [0.05, 0.1) is 11.0 Å². The first-order valence-electron chi connectivity index (χ1n) is 5.21. The van der Waals surface area contributed by atoms with Crippen LogP contribution < -0.4 is 4.72 Å². The summed E-state index contributed by atoms with van der Waals surface area (Å²) in [5.41, 5.74) is 0.805. The molecule has 1 heterocycles. The lowest BCUT2D eigenvalue weighted by molar-refractivity contribution is 0.146. The van der Waals surface area contributed by atoms with Crippen LogP contribution in [0.4, 0.5) is 0 Å². The average Bonchev–Trinajstić information content (AvgIpc) is 2.55. The van der Waals surface area contributed by atoms with Gasteiger partial charge in [0.25, 0.3) is 0 Å². The van der Waals surface area contributed by atoms with Crippen molar-refractivity contribution >= 4 is 11.0 Å². The fourth-order valence-corrected chi connectivity index (χ4v) is 5.93. The lowest BCUT2D eigenvalue weighted by Crippen LogP contribution is -2.39. The molecule has 13 heavy (non-hydrogen) atoms. The maximum atomic E-state index is 11.5. The summed E-state index contributed by atoms with van der Waals surface area (Å²) in [4.78, 5) is 0. The minimum Gasteiger partial charge on any atom is -0.243 e. The summed E-state index contributed by atoms with van der Waals surface area (Å²) in [6.07, 6.45) is 3.93. The molecule has 2 bridgehead atoms. The number of nitrogens with one attached hydrogen (secondary N) is 1. The van der Waals surface area contributed by atoms with Crippen molar-refractivity contribution in [3.8, 4) is 0 Å². The molecular formula is C10H17NOS. The SMILES string of the molecule is CC1(C)[C@@H]2CC[C@]13C[S@@](=O)N[C@@H]3C2. The third kappa shape index (κ3) is 0.769. The molecule has 2 saturated carbocycles. The van der Waals surface area contributed by atoms with E-state index in [1.54, 1.807) is 0 Å². The summed E-state index contributed by atoms with van der Waals surface area (Å²) in [5.74, 6) is 1.78. The van der Waals surface area contributed by atoms with E-state index in [0.717, 1.165) is 11.7 Å². The molecule has 0 aromatic rings. The molecule has 3 aliphatic rings. The molecule has 1 saturated heterocycles. The average molecular weight is 199 g/mol.